The molecule has 1 aliphatic heterocycles. The smallest absolute Gasteiger partial charge is 0.226 e. The van der Waals surface area contributed by atoms with E-state index >= 15 is 0 Å². The van der Waals surface area contributed by atoms with Gasteiger partial charge in [-0.25, -0.2) is 4.98 Å². The number of anilines is 1. The molecule has 0 aliphatic carbocycles. The third-order valence-electron chi connectivity index (χ3n) is 5.28. The molecule has 0 spiro atoms. The highest BCUT2D eigenvalue weighted by atomic mass is 16.3. The number of nitrogens with one attached hydrogen (secondary N) is 1. The van der Waals surface area contributed by atoms with E-state index < -0.39 is 0 Å². The Morgan fingerprint density at radius 3 is 2.52 bits per heavy atom. The average molecular weight is 389 g/mol. The number of aromatic nitrogens is 1. The quantitative estimate of drug-likeness (QED) is 0.651. The number of hydrogen-bond acceptors (Lipinski definition) is 5. The fourth-order valence-electron chi connectivity index (χ4n) is 3.59. The van der Waals surface area contributed by atoms with Crippen molar-refractivity contribution in [2.75, 3.05) is 18.0 Å². The largest absolute Gasteiger partial charge is 0.444 e. The highest BCUT2D eigenvalue weighted by molar-refractivity contribution is 5.79. The summed E-state index contributed by atoms with van der Waals surface area (Å²) in [5.41, 5.74) is 3.39. The van der Waals surface area contributed by atoms with Crippen molar-refractivity contribution >= 4 is 17.9 Å². The molecule has 1 fully saturated rings. The number of benzene rings is 2. The first-order valence-corrected chi connectivity index (χ1v) is 9.80. The summed E-state index contributed by atoms with van der Waals surface area (Å²) in [5.74, 6) is 0.620. The number of aldehydes is 1. The molecule has 1 saturated heterocycles. The van der Waals surface area contributed by atoms with E-state index in [2.05, 4.69) is 15.2 Å². The van der Waals surface area contributed by atoms with Crippen LogP contribution >= 0.6 is 0 Å². The van der Waals surface area contributed by atoms with E-state index in [9.17, 15) is 9.59 Å². The van der Waals surface area contributed by atoms with Crippen molar-refractivity contribution in [3.05, 3.63) is 72.1 Å². The van der Waals surface area contributed by atoms with Gasteiger partial charge in [0.05, 0.1) is 12.2 Å². The number of nitrogens with zero attached hydrogens (tertiary/aromatic N) is 2. The normalized spacial score (nSPS) is 14.6. The van der Waals surface area contributed by atoms with Crippen LogP contribution in [-0.2, 0) is 11.3 Å². The van der Waals surface area contributed by atoms with Crippen LogP contribution in [0.4, 0.5) is 5.69 Å². The van der Waals surface area contributed by atoms with E-state index in [1.165, 1.54) is 0 Å². The minimum absolute atomic E-state index is 0.000920. The fourth-order valence-corrected chi connectivity index (χ4v) is 3.59. The van der Waals surface area contributed by atoms with Gasteiger partial charge < -0.3 is 14.6 Å². The molecule has 1 amide bonds. The minimum Gasteiger partial charge on any atom is -0.444 e. The van der Waals surface area contributed by atoms with Gasteiger partial charge in [0.15, 0.2) is 0 Å². The third-order valence-corrected chi connectivity index (χ3v) is 5.28. The van der Waals surface area contributed by atoms with Crippen molar-refractivity contribution in [3.8, 4) is 11.5 Å². The third kappa shape index (κ3) is 4.54. The number of hydrogen-bond donors (Lipinski definition) is 1. The van der Waals surface area contributed by atoms with Gasteiger partial charge in [-0.1, -0.05) is 18.2 Å². The maximum Gasteiger partial charge on any atom is 0.226 e. The van der Waals surface area contributed by atoms with E-state index in [1.54, 1.807) is 6.26 Å². The highest BCUT2D eigenvalue weighted by Gasteiger charge is 2.25. The van der Waals surface area contributed by atoms with E-state index in [1.807, 2.05) is 54.6 Å². The second-order valence-electron chi connectivity index (χ2n) is 7.20. The van der Waals surface area contributed by atoms with Crippen LogP contribution in [0.25, 0.3) is 11.5 Å². The second kappa shape index (κ2) is 8.73. The van der Waals surface area contributed by atoms with Gasteiger partial charge in [-0.3, -0.25) is 9.59 Å². The number of carbonyl (C=O) groups is 2. The Morgan fingerprint density at radius 1 is 1.10 bits per heavy atom. The van der Waals surface area contributed by atoms with Crippen LogP contribution in [0.3, 0.4) is 0 Å². The molecule has 6 nitrogen and oxygen atoms in total. The molecule has 1 aliphatic rings. The van der Waals surface area contributed by atoms with Crippen LogP contribution in [-0.4, -0.2) is 30.3 Å². The number of rotatable bonds is 6. The summed E-state index contributed by atoms with van der Waals surface area (Å²) < 4.78 is 5.52. The number of amides is 1. The molecule has 2 heterocycles. The molecule has 2 aromatic carbocycles. The van der Waals surface area contributed by atoms with Gasteiger partial charge in [-0.05, 0) is 49.2 Å². The molecule has 0 bridgehead atoms. The maximum absolute atomic E-state index is 12.5. The summed E-state index contributed by atoms with van der Waals surface area (Å²) in [4.78, 5) is 30.0. The van der Waals surface area contributed by atoms with Crippen LogP contribution in [0.1, 0.15) is 28.9 Å². The van der Waals surface area contributed by atoms with Gasteiger partial charge in [-0.2, -0.15) is 0 Å². The number of carbonyl (C=O) groups excluding carboxylic acids is 2. The van der Waals surface area contributed by atoms with Crippen LogP contribution in [0.5, 0.6) is 0 Å². The first-order chi connectivity index (χ1) is 14.2. The molecule has 4 rings (SSSR count). The van der Waals surface area contributed by atoms with Crippen molar-refractivity contribution in [2.24, 2.45) is 5.92 Å². The molecule has 0 atom stereocenters. The molecule has 29 heavy (non-hydrogen) atoms. The Kier molecular flexibility index (Phi) is 5.70. The highest BCUT2D eigenvalue weighted by Crippen LogP contribution is 2.24. The first kappa shape index (κ1) is 18.9. The van der Waals surface area contributed by atoms with Gasteiger partial charge in [0.1, 0.15) is 12.5 Å². The summed E-state index contributed by atoms with van der Waals surface area (Å²) >= 11 is 0. The van der Waals surface area contributed by atoms with E-state index in [0.717, 1.165) is 43.5 Å². The van der Waals surface area contributed by atoms with Crippen molar-refractivity contribution < 1.29 is 14.0 Å². The summed E-state index contributed by atoms with van der Waals surface area (Å²) in [5, 5.41) is 2.98. The Hall–Kier alpha value is -3.41. The Bertz CT molecular complexity index is 959. The molecular formula is C23H23N3O3. The van der Waals surface area contributed by atoms with Crippen LogP contribution in [0, 0.1) is 5.92 Å². The zero-order valence-corrected chi connectivity index (χ0v) is 16.1. The van der Waals surface area contributed by atoms with E-state index in [-0.39, 0.29) is 11.8 Å². The van der Waals surface area contributed by atoms with Gasteiger partial charge >= 0.3 is 0 Å². The van der Waals surface area contributed by atoms with Crippen molar-refractivity contribution in [2.45, 2.75) is 19.4 Å². The molecule has 0 saturated carbocycles. The summed E-state index contributed by atoms with van der Waals surface area (Å²) in [6, 6.07) is 17.2. The summed E-state index contributed by atoms with van der Waals surface area (Å²) in [7, 11) is 0. The lowest BCUT2D eigenvalue weighted by molar-refractivity contribution is -0.125. The van der Waals surface area contributed by atoms with E-state index in [4.69, 9.17) is 4.42 Å². The van der Waals surface area contributed by atoms with Gasteiger partial charge in [-0.15, -0.1) is 0 Å². The molecule has 0 unspecified atom stereocenters. The average Bonchev–Trinajstić information content (AvgIpc) is 3.27. The maximum atomic E-state index is 12.5. The first-order valence-electron chi connectivity index (χ1n) is 9.80. The predicted molar refractivity (Wildman–Crippen MR) is 111 cm³/mol. The summed E-state index contributed by atoms with van der Waals surface area (Å²) in [6.45, 7) is 2.00. The summed E-state index contributed by atoms with van der Waals surface area (Å²) in [6.07, 6.45) is 4.04. The predicted octanol–water partition coefficient (Wildman–Crippen LogP) is 3.69. The van der Waals surface area contributed by atoms with Crippen molar-refractivity contribution in [1.82, 2.24) is 10.3 Å². The number of piperidine rings is 1. The monoisotopic (exact) mass is 389 g/mol. The zero-order chi connectivity index (χ0) is 20.1. The van der Waals surface area contributed by atoms with Crippen molar-refractivity contribution in [1.29, 1.82) is 0 Å². The Morgan fingerprint density at radius 2 is 1.83 bits per heavy atom. The zero-order valence-electron chi connectivity index (χ0n) is 16.1. The van der Waals surface area contributed by atoms with Crippen LogP contribution < -0.4 is 10.2 Å². The topological polar surface area (TPSA) is 75.4 Å². The molecule has 1 N–H and O–H groups in total. The van der Waals surface area contributed by atoms with Gasteiger partial charge in [0, 0.05) is 35.8 Å². The lowest BCUT2D eigenvalue weighted by atomic mass is 9.95. The molecule has 3 aromatic rings. The SMILES string of the molecule is O=Cc1ccc(N2CCC(C(=O)NCc3coc(-c4ccccc4)n3)CC2)cc1. The van der Waals surface area contributed by atoms with Crippen LogP contribution in [0.15, 0.2) is 65.3 Å². The molecule has 1 aromatic heterocycles. The fraction of sp³-hybridized carbons (Fsp3) is 0.261. The molecule has 148 valence electrons. The number of oxazole rings is 1. The van der Waals surface area contributed by atoms with Crippen LogP contribution in [0.2, 0.25) is 0 Å². The van der Waals surface area contributed by atoms with Gasteiger partial charge in [0.2, 0.25) is 11.8 Å². The van der Waals surface area contributed by atoms with Gasteiger partial charge in [0.25, 0.3) is 0 Å². The molecular weight excluding hydrogens is 366 g/mol. The van der Waals surface area contributed by atoms with E-state index in [0.29, 0.717) is 23.7 Å². The Labute approximate surface area is 169 Å². The minimum atomic E-state index is 0.000920. The second-order valence-corrected chi connectivity index (χ2v) is 7.20. The van der Waals surface area contributed by atoms with Crippen molar-refractivity contribution in [3.63, 3.8) is 0 Å². The lowest BCUT2D eigenvalue weighted by Gasteiger charge is -2.33. The Balaban J connectivity index is 1.27. The standard InChI is InChI=1S/C23H23N3O3/c27-15-17-6-8-21(9-7-17)26-12-10-18(11-13-26)22(28)24-14-20-16-29-23(25-20)19-4-2-1-3-5-19/h1-9,15-16,18H,10-14H2,(H,24,28). The lowest BCUT2D eigenvalue weighted by Crippen LogP contribution is -2.40. The molecule has 6 heteroatoms. The molecule has 0 radical (unpaired) electrons.